The first-order valence-corrected chi connectivity index (χ1v) is 6.91. The summed E-state index contributed by atoms with van der Waals surface area (Å²) in [5.74, 6) is 0.347. The van der Waals surface area contributed by atoms with Crippen molar-refractivity contribution in [2.45, 2.75) is 71.5 Å². The fourth-order valence-corrected chi connectivity index (χ4v) is 2.45. The van der Waals surface area contributed by atoms with E-state index in [1.54, 1.807) is 0 Å². The number of hydrazone groups is 1. The first kappa shape index (κ1) is 14.2. The molecule has 0 bridgehead atoms. The van der Waals surface area contributed by atoms with Gasteiger partial charge in [0.25, 0.3) is 0 Å². The molecule has 1 aliphatic heterocycles. The summed E-state index contributed by atoms with van der Waals surface area (Å²) in [6, 6.07) is 0.498. The normalized spacial score (nSPS) is 29.6. The van der Waals surface area contributed by atoms with Crippen LogP contribution >= 0.6 is 0 Å². The zero-order chi connectivity index (χ0) is 12.9. The maximum Gasteiger partial charge on any atom is 0.151 e. The van der Waals surface area contributed by atoms with Crippen molar-refractivity contribution in [3.8, 4) is 0 Å². The summed E-state index contributed by atoms with van der Waals surface area (Å²) in [4.78, 5) is 4.33. The van der Waals surface area contributed by atoms with Crippen LogP contribution in [0.3, 0.4) is 0 Å². The highest BCUT2D eigenvalue weighted by Crippen LogP contribution is 2.34. The predicted molar refractivity (Wildman–Crippen MR) is 75.7 cm³/mol. The third-order valence-electron chi connectivity index (χ3n) is 4.02. The van der Waals surface area contributed by atoms with Crippen LogP contribution in [0.2, 0.25) is 0 Å². The molecule has 0 aromatic rings. The van der Waals surface area contributed by atoms with E-state index in [1.807, 2.05) is 6.21 Å². The second kappa shape index (κ2) is 6.18. The molecule has 0 aliphatic carbocycles. The SMILES string of the molecule is C=NC1(C)C(C)C=NN1C(CC)CCCCC. The summed E-state index contributed by atoms with van der Waals surface area (Å²) >= 11 is 0. The highest BCUT2D eigenvalue weighted by Gasteiger charge is 2.42. The van der Waals surface area contributed by atoms with Gasteiger partial charge in [0.2, 0.25) is 0 Å². The van der Waals surface area contributed by atoms with Gasteiger partial charge < -0.3 is 0 Å². The number of hydrogen-bond acceptors (Lipinski definition) is 3. The molecule has 0 radical (unpaired) electrons. The van der Waals surface area contributed by atoms with Gasteiger partial charge in [0.15, 0.2) is 5.66 Å². The van der Waals surface area contributed by atoms with E-state index in [-0.39, 0.29) is 5.66 Å². The fourth-order valence-electron chi connectivity index (χ4n) is 2.45. The molecule has 0 amide bonds. The molecule has 3 unspecified atom stereocenters. The average molecular weight is 237 g/mol. The molecule has 1 aliphatic rings. The van der Waals surface area contributed by atoms with Gasteiger partial charge in [-0.15, -0.1) is 0 Å². The Hall–Kier alpha value is -0.860. The van der Waals surface area contributed by atoms with Crippen molar-refractivity contribution < 1.29 is 0 Å². The van der Waals surface area contributed by atoms with Crippen LogP contribution in [0.15, 0.2) is 10.1 Å². The molecule has 17 heavy (non-hydrogen) atoms. The molecule has 1 rings (SSSR count). The third-order valence-corrected chi connectivity index (χ3v) is 4.02. The van der Waals surface area contributed by atoms with E-state index >= 15 is 0 Å². The van der Waals surface area contributed by atoms with Crippen LogP contribution in [0.1, 0.15) is 59.8 Å². The van der Waals surface area contributed by atoms with Gasteiger partial charge in [-0.2, -0.15) is 5.10 Å². The van der Waals surface area contributed by atoms with E-state index in [0.717, 1.165) is 6.42 Å². The maximum absolute atomic E-state index is 4.57. The Labute approximate surface area is 106 Å². The Balaban J connectivity index is 2.68. The fraction of sp³-hybridized carbons (Fsp3) is 0.857. The quantitative estimate of drug-likeness (QED) is 0.490. The van der Waals surface area contributed by atoms with Gasteiger partial charge >= 0.3 is 0 Å². The molecule has 0 fully saturated rings. The summed E-state index contributed by atoms with van der Waals surface area (Å²) < 4.78 is 0. The van der Waals surface area contributed by atoms with Gasteiger partial charge in [-0.3, -0.25) is 10.0 Å². The summed E-state index contributed by atoms with van der Waals surface area (Å²) in [7, 11) is 0. The standard InChI is InChI=1S/C14H27N3/c1-6-8-9-10-13(7-2)17-14(4,15-5)12(3)11-16-17/h11-13H,5-10H2,1-4H3. The van der Waals surface area contributed by atoms with Crippen molar-refractivity contribution in [1.82, 2.24) is 5.01 Å². The molecule has 0 aromatic carbocycles. The molecule has 1 heterocycles. The molecule has 0 N–H and O–H groups in total. The third kappa shape index (κ3) is 2.88. The summed E-state index contributed by atoms with van der Waals surface area (Å²) in [5, 5.41) is 6.75. The van der Waals surface area contributed by atoms with Crippen LogP contribution < -0.4 is 0 Å². The molecular weight excluding hydrogens is 210 g/mol. The van der Waals surface area contributed by atoms with E-state index in [2.05, 4.69) is 49.5 Å². The average Bonchev–Trinajstić information content (AvgIpc) is 2.63. The molecule has 98 valence electrons. The largest absolute Gasteiger partial charge is 0.271 e. The number of nitrogens with zero attached hydrogens (tertiary/aromatic N) is 3. The Morgan fingerprint density at radius 2 is 2.18 bits per heavy atom. The van der Waals surface area contributed by atoms with Crippen molar-refractivity contribution in [1.29, 1.82) is 0 Å². The lowest BCUT2D eigenvalue weighted by molar-refractivity contribution is 0.0576. The monoisotopic (exact) mass is 237 g/mol. The van der Waals surface area contributed by atoms with E-state index in [4.69, 9.17) is 0 Å². The minimum Gasteiger partial charge on any atom is -0.271 e. The van der Waals surface area contributed by atoms with Crippen LogP contribution in [0, 0.1) is 5.92 Å². The highest BCUT2D eigenvalue weighted by atomic mass is 15.6. The first-order valence-electron chi connectivity index (χ1n) is 6.91. The Bertz CT molecular complexity index is 275. The lowest BCUT2D eigenvalue weighted by Crippen LogP contribution is -2.47. The smallest absolute Gasteiger partial charge is 0.151 e. The van der Waals surface area contributed by atoms with Crippen molar-refractivity contribution in [3.05, 3.63) is 0 Å². The Morgan fingerprint density at radius 1 is 1.47 bits per heavy atom. The van der Waals surface area contributed by atoms with E-state index < -0.39 is 0 Å². The molecule has 0 saturated heterocycles. The van der Waals surface area contributed by atoms with E-state index in [9.17, 15) is 0 Å². The lowest BCUT2D eigenvalue weighted by atomic mass is 9.95. The van der Waals surface area contributed by atoms with Gasteiger partial charge in [0.1, 0.15) is 0 Å². The second-order valence-corrected chi connectivity index (χ2v) is 5.21. The van der Waals surface area contributed by atoms with Gasteiger partial charge in [0.05, 0.1) is 0 Å². The van der Waals surface area contributed by atoms with E-state index in [1.165, 1.54) is 25.7 Å². The Kier molecular flexibility index (Phi) is 5.16. The maximum atomic E-state index is 4.57. The minimum absolute atomic E-state index is 0.243. The van der Waals surface area contributed by atoms with Crippen molar-refractivity contribution in [2.24, 2.45) is 16.0 Å². The molecular formula is C14H27N3. The highest BCUT2D eigenvalue weighted by molar-refractivity contribution is 5.64. The Morgan fingerprint density at radius 3 is 2.71 bits per heavy atom. The van der Waals surface area contributed by atoms with Crippen LogP contribution in [0.5, 0.6) is 0 Å². The molecule has 0 saturated carbocycles. The van der Waals surface area contributed by atoms with Crippen LogP contribution in [-0.4, -0.2) is 29.6 Å². The number of hydrogen-bond donors (Lipinski definition) is 0. The van der Waals surface area contributed by atoms with Crippen LogP contribution in [0.25, 0.3) is 0 Å². The number of unbranched alkanes of at least 4 members (excludes halogenated alkanes) is 2. The van der Waals surface area contributed by atoms with E-state index in [0.29, 0.717) is 12.0 Å². The van der Waals surface area contributed by atoms with Crippen molar-refractivity contribution in [3.63, 3.8) is 0 Å². The van der Waals surface area contributed by atoms with Gasteiger partial charge in [-0.05, 0) is 26.5 Å². The predicted octanol–water partition coefficient (Wildman–Crippen LogP) is 3.70. The van der Waals surface area contributed by atoms with Crippen molar-refractivity contribution in [2.75, 3.05) is 0 Å². The molecule has 0 spiro atoms. The molecule has 3 nitrogen and oxygen atoms in total. The zero-order valence-corrected chi connectivity index (χ0v) is 11.8. The molecule has 0 aromatic heterocycles. The number of aliphatic imine (C=N–C) groups is 1. The zero-order valence-electron chi connectivity index (χ0n) is 11.8. The molecule has 3 atom stereocenters. The summed E-state index contributed by atoms with van der Waals surface area (Å²) in [6.07, 6.45) is 8.20. The summed E-state index contributed by atoms with van der Waals surface area (Å²) in [5.41, 5.74) is -0.243. The second-order valence-electron chi connectivity index (χ2n) is 5.21. The number of rotatable bonds is 7. The van der Waals surface area contributed by atoms with Crippen molar-refractivity contribution >= 4 is 12.9 Å². The van der Waals surface area contributed by atoms with Crippen LogP contribution in [0.4, 0.5) is 0 Å². The minimum atomic E-state index is -0.243. The van der Waals surface area contributed by atoms with Crippen LogP contribution in [-0.2, 0) is 0 Å². The molecule has 3 heteroatoms. The summed E-state index contributed by atoms with van der Waals surface area (Å²) in [6.45, 7) is 12.5. The van der Waals surface area contributed by atoms with Gasteiger partial charge in [-0.1, -0.05) is 40.0 Å². The van der Waals surface area contributed by atoms with Gasteiger partial charge in [0, 0.05) is 18.2 Å². The van der Waals surface area contributed by atoms with Gasteiger partial charge in [-0.25, -0.2) is 0 Å². The lowest BCUT2D eigenvalue weighted by Gasteiger charge is -2.39. The topological polar surface area (TPSA) is 28.0 Å². The first-order chi connectivity index (χ1) is 8.10.